The lowest BCUT2D eigenvalue weighted by Crippen LogP contribution is -2.19. The zero-order chi connectivity index (χ0) is 15.2. The second kappa shape index (κ2) is 6.56. The lowest BCUT2D eigenvalue weighted by atomic mass is 10.1. The van der Waals surface area contributed by atoms with Crippen molar-refractivity contribution in [2.45, 2.75) is 6.92 Å². The number of rotatable bonds is 4. The number of nitrogens with one attached hydrogen (secondary N) is 1. The quantitative estimate of drug-likeness (QED) is 0.669. The van der Waals surface area contributed by atoms with Crippen LogP contribution in [0.2, 0.25) is 0 Å². The van der Waals surface area contributed by atoms with Crippen LogP contribution in [0.4, 0.5) is 0 Å². The van der Waals surface area contributed by atoms with Gasteiger partial charge in [-0.3, -0.25) is 4.79 Å². The second-order valence-corrected chi connectivity index (χ2v) is 4.39. The number of ether oxygens (including phenoxy) is 1. The van der Waals surface area contributed by atoms with Crippen molar-refractivity contribution in [2.75, 3.05) is 7.11 Å². The number of methoxy groups -OCH3 is 1. The number of carbonyl (C=O) groups is 1. The van der Waals surface area contributed by atoms with Crippen LogP contribution >= 0.6 is 0 Å². The Morgan fingerprint density at radius 1 is 1.19 bits per heavy atom. The average molecular weight is 284 g/mol. The molecule has 0 aliphatic heterocycles. The minimum absolute atomic E-state index is 0.0794. The maximum absolute atomic E-state index is 11.9. The molecule has 0 bridgehead atoms. The summed E-state index contributed by atoms with van der Waals surface area (Å²) >= 11 is 0. The number of hydrogen-bond donors (Lipinski definition) is 2. The number of hydrogen-bond acceptors (Lipinski definition) is 4. The topological polar surface area (TPSA) is 70.9 Å². The van der Waals surface area contributed by atoms with E-state index in [1.807, 2.05) is 24.3 Å². The summed E-state index contributed by atoms with van der Waals surface area (Å²) in [5.41, 5.74) is 4.08. The summed E-state index contributed by atoms with van der Waals surface area (Å²) in [6, 6.07) is 13.7. The molecular formula is C16H16N2O3. The Kier molecular flexibility index (Phi) is 4.56. The number of phenols is 1. The molecule has 0 unspecified atom stereocenters. The van der Waals surface area contributed by atoms with Crippen molar-refractivity contribution in [3.8, 4) is 11.5 Å². The number of nitrogens with zero attached hydrogens (tertiary/aromatic N) is 1. The predicted molar refractivity (Wildman–Crippen MR) is 80.8 cm³/mol. The van der Waals surface area contributed by atoms with Crippen molar-refractivity contribution < 1.29 is 14.6 Å². The SMILES string of the molecule is COc1cccc(/C(C)=N/NC(=O)c2ccccc2O)c1. The number of carbonyl (C=O) groups excluding carboxylic acids is 1. The average Bonchev–Trinajstić information content (AvgIpc) is 2.52. The molecule has 0 spiro atoms. The van der Waals surface area contributed by atoms with E-state index in [0.29, 0.717) is 11.5 Å². The zero-order valence-electron chi connectivity index (χ0n) is 11.8. The highest BCUT2D eigenvalue weighted by atomic mass is 16.5. The van der Waals surface area contributed by atoms with Crippen LogP contribution in [0, 0.1) is 0 Å². The summed E-state index contributed by atoms with van der Waals surface area (Å²) in [5, 5.41) is 13.6. The molecule has 5 nitrogen and oxygen atoms in total. The molecule has 0 radical (unpaired) electrons. The van der Waals surface area contributed by atoms with E-state index in [9.17, 15) is 9.90 Å². The second-order valence-electron chi connectivity index (χ2n) is 4.39. The summed E-state index contributed by atoms with van der Waals surface area (Å²) in [6.07, 6.45) is 0. The van der Waals surface area contributed by atoms with E-state index in [-0.39, 0.29) is 11.3 Å². The Morgan fingerprint density at radius 3 is 2.67 bits per heavy atom. The smallest absolute Gasteiger partial charge is 0.275 e. The molecule has 0 saturated heterocycles. The molecule has 0 heterocycles. The fourth-order valence-electron chi connectivity index (χ4n) is 1.77. The largest absolute Gasteiger partial charge is 0.507 e. The first-order valence-electron chi connectivity index (χ1n) is 6.39. The number of amides is 1. The van der Waals surface area contributed by atoms with Crippen molar-refractivity contribution in [1.29, 1.82) is 0 Å². The van der Waals surface area contributed by atoms with Gasteiger partial charge in [-0.25, -0.2) is 5.43 Å². The number of phenolic OH excluding ortho intramolecular Hbond substituents is 1. The van der Waals surface area contributed by atoms with E-state index in [0.717, 1.165) is 5.56 Å². The molecule has 0 aliphatic carbocycles. The number of hydrazone groups is 1. The summed E-state index contributed by atoms with van der Waals surface area (Å²) < 4.78 is 5.14. The minimum atomic E-state index is -0.463. The van der Waals surface area contributed by atoms with Crippen LogP contribution in [0.1, 0.15) is 22.8 Å². The van der Waals surface area contributed by atoms with Crippen LogP contribution in [-0.2, 0) is 0 Å². The van der Waals surface area contributed by atoms with E-state index < -0.39 is 5.91 Å². The normalized spacial score (nSPS) is 11.0. The van der Waals surface area contributed by atoms with Gasteiger partial charge in [0.05, 0.1) is 18.4 Å². The molecule has 1 amide bonds. The van der Waals surface area contributed by atoms with Crippen LogP contribution in [0.3, 0.4) is 0 Å². The maximum Gasteiger partial charge on any atom is 0.275 e. The molecule has 5 heteroatoms. The summed E-state index contributed by atoms with van der Waals surface area (Å²) in [5.74, 6) is 0.175. The van der Waals surface area contributed by atoms with Crippen molar-refractivity contribution in [3.05, 3.63) is 59.7 Å². The van der Waals surface area contributed by atoms with Crippen molar-refractivity contribution in [2.24, 2.45) is 5.10 Å². The summed E-state index contributed by atoms with van der Waals surface area (Å²) in [4.78, 5) is 11.9. The fourth-order valence-corrected chi connectivity index (χ4v) is 1.77. The Labute approximate surface area is 122 Å². The lowest BCUT2D eigenvalue weighted by Gasteiger charge is -2.06. The Balaban J connectivity index is 2.13. The molecule has 0 aromatic heterocycles. The van der Waals surface area contributed by atoms with E-state index in [2.05, 4.69) is 10.5 Å². The van der Waals surface area contributed by atoms with E-state index in [4.69, 9.17) is 4.74 Å². The first-order chi connectivity index (χ1) is 10.1. The highest BCUT2D eigenvalue weighted by Crippen LogP contribution is 2.15. The van der Waals surface area contributed by atoms with E-state index in [1.165, 1.54) is 12.1 Å². The molecule has 0 atom stereocenters. The van der Waals surface area contributed by atoms with Gasteiger partial charge in [-0.2, -0.15) is 5.10 Å². The van der Waals surface area contributed by atoms with Crippen LogP contribution in [0.25, 0.3) is 0 Å². The van der Waals surface area contributed by atoms with Gasteiger partial charge in [-0.1, -0.05) is 24.3 Å². The third kappa shape index (κ3) is 3.60. The van der Waals surface area contributed by atoms with Gasteiger partial charge < -0.3 is 9.84 Å². The van der Waals surface area contributed by atoms with Crippen molar-refractivity contribution in [1.82, 2.24) is 5.43 Å². The Bertz CT molecular complexity index is 681. The molecule has 21 heavy (non-hydrogen) atoms. The number of aromatic hydroxyl groups is 1. The maximum atomic E-state index is 11.9. The van der Waals surface area contributed by atoms with Gasteiger partial charge >= 0.3 is 0 Å². The summed E-state index contributed by atoms with van der Waals surface area (Å²) in [7, 11) is 1.59. The standard InChI is InChI=1S/C16H16N2O3/c1-11(12-6-5-7-13(10-12)21-2)17-18-16(20)14-8-3-4-9-15(14)19/h3-10,19H,1-2H3,(H,18,20)/b17-11+. The van der Waals surface area contributed by atoms with Crippen molar-refractivity contribution in [3.63, 3.8) is 0 Å². The molecular weight excluding hydrogens is 268 g/mol. The highest BCUT2D eigenvalue weighted by molar-refractivity contribution is 6.01. The summed E-state index contributed by atoms with van der Waals surface area (Å²) in [6.45, 7) is 1.78. The van der Waals surface area contributed by atoms with Crippen LogP contribution in [0.15, 0.2) is 53.6 Å². The van der Waals surface area contributed by atoms with Gasteiger partial charge in [0.2, 0.25) is 0 Å². The number of benzene rings is 2. The molecule has 2 rings (SSSR count). The Hall–Kier alpha value is -2.82. The third-order valence-corrected chi connectivity index (χ3v) is 2.96. The van der Waals surface area contributed by atoms with Gasteiger partial charge in [-0.05, 0) is 31.2 Å². The molecule has 0 fully saturated rings. The lowest BCUT2D eigenvalue weighted by molar-refractivity contribution is 0.0952. The molecule has 2 N–H and O–H groups in total. The van der Waals surface area contributed by atoms with Gasteiger partial charge in [0.1, 0.15) is 11.5 Å². The number of para-hydroxylation sites is 1. The fraction of sp³-hybridized carbons (Fsp3) is 0.125. The van der Waals surface area contributed by atoms with Crippen LogP contribution < -0.4 is 10.2 Å². The van der Waals surface area contributed by atoms with Crippen LogP contribution in [0.5, 0.6) is 11.5 Å². The zero-order valence-corrected chi connectivity index (χ0v) is 11.8. The molecule has 0 aliphatic rings. The minimum Gasteiger partial charge on any atom is -0.507 e. The van der Waals surface area contributed by atoms with Gasteiger partial charge in [0, 0.05) is 5.56 Å². The third-order valence-electron chi connectivity index (χ3n) is 2.96. The monoisotopic (exact) mass is 284 g/mol. The first-order valence-corrected chi connectivity index (χ1v) is 6.39. The Morgan fingerprint density at radius 2 is 1.95 bits per heavy atom. The molecule has 2 aromatic rings. The van der Waals surface area contributed by atoms with Gasteiger partial charge in [0.15, 0.2) is 0 Å². The predicted octanol–water partition coefficient (Wildman–Crippen LogP) is 2.55. The van der Waals surface area contributed by atoms with Crippen molar-refractivity contribution >= 4 is 11.6 Å². The van der Waals surface area contributed by atoms with E-state index in [1.54, 1.807) is 26.2 Å². The highest BCUT2D eigenvalue weighted by Gasteiger charge is 2.09. The van der Waals surface area contributed by atoms with Gasteiger partial charge in [0.25, 0.3) is 5.91 Å². The van der Waals surface area contributed by atoms with Crippen LogP contribution in [-0.4, -0.2) is 23.8 Å². The molecule has 108 valence electrons. The van der Waals surface area contributed by atoms with Gasteiger partial charge in [-0.15, -0.1) is 0 Å². The first kappa shape index (κ1) is 14.6. The molecule has 0 saturated carbocycles. The molecule has 2 aromatic carbocycles. The van der Waals surface area contributed by atoms with E-state index >= 15 is 0 Å².